The molecular formula is C31H34O5. The molecule has 0 aliphatic rings. The van der Waals surface area contributed by atoms with Gasteiger partial charge in [0.2, 0.25) is 0 Å². The van der Waals surface area contributed by atoms with Gasteiger partial charge in [0.05, 0.1) is 12.2 Å². The van der Waals surface area contributed by atoms with Crippen LogP contribution in [0.25, 0.3) is 6.08 Å². The minimum Gasteiger partial charge on any atom is -0.493 e. The second kappa shape index (κ2) is 14.5. The zero-order valence-corrected chi connectivity index (χ0v) is 20.5. The quantitative estimate of drug-likeness (QED) is 0.228. The van der Waals surface area contributed by atoms with E-state index in [1.807, 2.05) is 42.5 Å². The van der Waals surface area contributed by atoms with Crippen LogP contribution in [0.15, 0.2) is 84.9 Å². The third-order valence-corrected chi connectivity index (χ3v) is 6.09. The van der Waals surface area contributed by atoms with Crippen molar-refractivity contribution in [3.05, 3.63) is 107 Å². The van der Waals surface area contributed by atoms with Gasteiger partial charge in [-0.25, -0.2) is 4.79 Å². The molecule has 5 heteroatoms. The van der Waals surface area contributed by atoms with E-state index in [0.29, 0.717) is 13.0 Å². The van der Waals surface area contributed by atoms with Gasteiger partial charge in [-0.1, -0.05) is 79.2 Å². The van der Waals surface area contributed by atoms with Gasteiger partial charge in [0.15, 0.2) is 0 Å². The van der Waals surface area contributed by atoms with Gasteiger partial charge in [-0.3, -0.25) is 4.79 Å². The number of unbranched alkanes of at least 4 members (excludes halogenated alkanes) is 1. The molecule has 0 aliphatic carbocycles. The molecule has 0 aliphatic heterocycles. The SMILES string of the molecule is O=C(O)CCCCC(/C=C/c1ccccc1OCCCc1ccccc1)Cc1ccc(C(=O)O)cc1. The van der Waals surface area contributed by atoms with Gasteiger partial charge < -0.3 is 14.9 Å². The molecule has 0 saturated carbocycles. The van der Waals surface area contributed by atoms with Crippen molar-refractivity contribution in [1.82, 2.24) is 0 Å². The van der Waals surface area contributed by atoms with Crippen LogP contribution in [0.2, 0.25) is 0 Å². The highest BCUT2D eigenvalue weighted by Gasteiger charge is 2.10. The highest BCUT2D eigenvalue weighted by molar-refractivity contribution is 5.87. The van der Waals surface area contributed by atoms with Crippen molar-refractivity contribution in [1.29, 1.82) is 0 Å². The van der Waals surface area contributed by atoms with Crippen LogP contribution < -0.4 is 4.74 Å². The number of carbonyl (C=O) groups is 2. The first-order chi connectivity index (χ1) is 17.5. The van der Waals surface area contributed by atoms with Gasteiger partial charge in [-0.05, 0) is 67.3 Å². The molecule has 3 rings (SSSR count). The fourth-order valence-corrected chi connectivity index (χ4v) is 4.13. The maximum Gasteiger partial charge on any atom is 0.335 e. The number of aryl methyl sites for hydroxylation is 1. The Kier molecular flexibility index (Phi) is 10.8. The number of benzene rings is 3. The Bertz CT molecular complexity index is 1120. The predicted octanol–water partition coefficient (Wildman–Crippen LogP) is 6.91. The van der Waals surface area contributed by atoms with E-state index < -0.39 is 11.9 Å². The number of ether oxygens (including phenoxy) is 1. The summed E-state index contributed by atoms with van der Waals surface area (Å²) in [7, 11) is 0. The van der Waals surface area contributed by atoms with Crippen LogP contribution in [0.4, 0.5) is 0 Å². The molecule has 0 fully saturated rings. The molecule has 0 heterocycles. The van der Waals surface area contributed by atoms with Crippen LogP contribution in [-0.4, -0.2) is 28.8 Å². The first-order valence-corrected chi connectivity index (χ1v) is 12.5. The lowest BCUT2D eigenvalue weighted by Crippen LogP contribution is -2.04. The molecule has 188 valence electrons. The summed E-state index contributed by atoms with van der Waals surface area (Å²) in [6, 6.07) is 25.3. The number of hydrogen-bond acceptors (Lipinski definition) is 3. The Morgan fingerprint density at radius 3 is 2.25 bits per heavy atom. The van der Waals surface area contributed by atoms with Crippen molar-refractivity contribution < 1.29 is 24.5 Å². The Morgan fingerprint density at radius 1 is 0.806 bits per heavy atom. The summed E-state index contributed by atoms with van der Waals surface area (Å²) in [6.07, 6.45) is 9.37. The Morgan fingerprint density at radius 2 is 1.53 bits per heavy atom. The third-order valence-electron chi connectivity index (χ3n) is 6.09. The van der Waals surface area contributed by atoms with Gasteiger partial charge in [-0.2, -0.15) is 0 Å². The largest absolute Gasteiger partial charge is 0.493 e. The number of carboxylic acid groups (broad SMARTS) is 2. The van der Waals surface area contributed by atoms with Crippen molar-refractivity contribution >= 4 is 18.0 Å². The average molecular weight is 487 g/mol. The molecule has 1 atom stereocenters. The summed E-state index contributed by atoms with van der Waals surface area (Å²) in [4.78, 5) is 22.0. The van der Waals surface area contributed by atoms with E-state index in [1.165, 1.54) is 5.56 Å². The van der Waals surface area contributed by atoms with E-state index in [9.17, 15) is 9.59 Å². The fourth-order valence-electron chi connectivity index (χ4n) is 4.13. The van der Waals surface area contributed by atoms with Crippen LogP contribution in [0.3, 0.4) is 0 Å². The number of allylic oxidation sites excluding steroid dienone is 1. The topological polar surface area (TPSA) is 83.8 Å². The smallest absolute Gasteiger partial charge is 0.335 e. The molecule has 0 aromatic heterocycles. The monoisotopic (exact) mass is 486 g/mol. The molecule has 0 amide bonds. The maximum atomic E-state index is 11.2. The minimum absolute atomic E-state index is 0.170. The van der Waals surface area contributed by atoms with Gasteiger partial charge in [0, 0.05) is 12.0 Å². The summed E-state index contributed by atoms with van der Waals surface area (Å²) in [5.74, 6) is -0.672. The van der Waals surface area contributed by atoms with Crippen LogP contribution in [0, 0.1) is 5.92 Å². The Balaban J connectivity index is 1.63. The van der Waals surface area contributed by atoms with Crippen LogP contribution in [-0.2, 0) is 17.6 Å². The average Bonchev–Trinajstić information content (AvgIpc) is 2.89. The summed E-state index contributed by atoms with van der Waals surface area (Å²) in [5, 5.41) is 18.1. The lowest BCUT2D eigenvalue weighted by atomic mass is 9.92. The van der Waals surface area contributed by atoms with E-state index in [1.54, 1.807) is 12.1 Å². The number of carboxylic acids is 2. The molecule has 5 nitrogen and oxygen atoms in total. The molecule has 0 spiro atoms. The highest BCUT2D eigenvalue weighted by Crippen LogP contribution is 2.24. The first kappa shape index (κ1) is 26.7. The summed E-state index contributed by atoms with van der Waals surface area (Å²) >= 11 is 0. The Labute approximate surface area is 213 Å². The summed E-state index contributed by atoms with van der Waals surface area (Å²) in [6.45, 7) is 0.633. The highest BCUT2D eigenvalue weighted by atomic mass is 16.5. The van der Waals surface area contributed by atoms with E-state index in [4.69, 9.17) is 14.9 Å². The van der Waals surface area contributed by atoms with Gasteiger partial charge in [0.1, 0.15) is 5.75 Å². The van der Waals surface area contributed by atoms with E-state index >= 15 is 0 Å². The lowest BCUT2D eigenvalue weighted by Gasteiger charge is -2.14. The van der Waals surface area contributed by atoms with Crippen molar-refractivity contribution in [3.8, 4) is 5.75 Å². The number of para-hydroxylation sites is 1. The number of hydrogen-bond donors (Lipinski definition) is 2. The van der Waals surface area contributed by atoms with Crippen LogP contribution in [0.1, 0.15) is 59.2 Å². The zero-order valence-electron chi connectivity index (χ0n) is 20.5. The molecule has 0 bridgehead atoms. The molecule has 3 aromatic rings. The van der Waals surface area contributed by atoms with E-state index in [0.717, 1.165) is 49.0 Å². The van der Waals surface area contributed by atoms with Crippen molar-refractivity contribution in [2.45, 2.75) is 44.9 Å². The molecule has 2 N–H and O–H groups in total. The van der Waals surface area contributed by atoms with Crippen LogP contribution >= 0.6 is 0 Å². The van der Waals surface area contributed by atoms with Crippen molar-refractivity contribution in [2.75, 3.05) is 6.61 Å². The number of aromatic carboxylic acids is 1. The summed E-state index contributed by atoms with van der Waals surface area (Å²) in [5.41, 5.74) is 3.63. The second-order valence-corrected chi connectivity index (χ2v) is 8.94. The minimum atomic E-state index is -0.938. The van der Waals surface area contributed by atoms with Crippen molar-refractivity contribution in [3.63, 3.8) is 0 Å². The fraction of sp³-hybridized carbons (Fsp3) is 0.290. The molecule has 36 heavy (non-hydrogen) atoms. The number of aliphatic carboxylic acids is 1. The molecule has 1 unspecified atom stereocenters. The standard InChI is InChI=1S/C31H34O5/c32-30(33)15-7-4-11-25(23-26-17-20-28(21-18-26)31(34)35)16-19-27-13-5-6-14-29(27)36-22-8-12-24-9-2-1-3-10-24/h1-3,5-6,9-10,13-14,16-21,25H,4,7-8,11-12,15,22-23H2,(H,32,33)(H,34,35)/b19-16+. The molecule has 0 radical (unpaired) electrons. The van der Waals surface area contributed by atoms with Gasteiger partial charge in [-0.15, -0.1) is 0 Å². The molecule has 0 saturated heterocycles. The lowest BCUT2D eigenvalue weighted by molar-refractivity contribution is -0.137. The van der Waals surface area contributed by atoms with Gasteiger partial charge >= 0.3 is 11.9 Å². The normalized spacial score (nSPS) is 11.9. The summed E-state index contributed by atoms with van der Waals surface area (Å²) < 4.78 is 6.10. The van der Waals surface area contributed by atoms with Crippen LogP contribution in [0.5, 0.6) is 5.75 Å². The number of rotatable bonds is 15. The van der Waals surface area contributed by atoms with E-state index in [-0.39, 0.29) is 17.9 Å². The molecular weight excluding hydrogens is 452 g/mol. The maximum absolute atomic E-state index is 11.2. The van der Waals surface area contributed by atoms with Gasteiger partial charge in [0.25, 0.3) is 0 Å². The van der Waals surface area contributed by atoms with E-state index in [2.05, 4.69) is 36.4 Å². The predicted molar refractivity (Wildman–Crippen MR) is 142 cm³/mol. The second-order valence-electron chi connectivity index (χ2n) is 8.94. The first-order valence-electron chi connectivity index (χ1n) is 12.5. The Hall–Kier alpha value is -3.86. The zero-order chi connectivity index (χ0) is 25.6. The van der Waals surface area contributed by atoms with Crippen molar-refractivity contribution in [2.24, 2.45) is 5.92 Å². The molecule has 3 aromatic carbocycles. The third kappa shape index (κ3) is 9.41.